The third-order valence-corrected chi connectivity index (χ3v) is 11.6. The zero-order chi connectivity index (χ0) is 27.7. The summed E-state index contributed by atoms with van der Waals surface area (Å²) in [5.41, 5.74) is 0.872. The largest absolute Gasteiger partial charge is 0.382 e. The van der Waals surface area contributed by atoms with E-state index in [1.54, 1.807) is 6.08 Å². The number of aromatic amines is 1. The van der Waals surface area contributed by atoms with Crippen LogP contribution < -0.4 is 0 Å². The molecule has 2 aromatic rings. The maximum atomic E-state index is 13.5. The molecule has 2 bridgehead atoms. The fourth-order valence-electron chi connectivity index (χ4n) is 9.47. The Balaban J connectivity index is 1.27. The van der Waals surface area contributed by atoms with Crippen molar-refractivity contribution in [2.24, 2.45) is 11.3 Å². The first-order chi connectivity index (χ1) is 19.0. The lowest BCUT2D eigenvalue weighted by molar-refractivity contribution is -0.281. The van der Waals surface area contributed by atoms with Crippen LogP contribution in [0.3, 0.4) is 0 Å². The average molecular weight is 550 g/mol. The minimum atomic E-state index is -1.49. The molecular weight excluding hydrogens is 510 g/mol. The van der Waals surface area contributed by atoms with Crippen LogP contribution in [0.15, 0.2) is 35.9 Å². The summed E-state index contributed by atoms with van der Waals surface area (Å²) in [6, 6.07) is 8.47. The lowest BCUT2D eigenvalue weighted by Crippen LogP contribution is -2.74. The molecule has 214 valence electrons. The maximum Gasteiger partial charge on any atom is 0.195 e. The molecule has 8 nitrogen and oxygen atoms in total. The number of hydrogen-bond acceptors (Lipinski definition) is 7. The summed E-state index contributed by atoms with van der Waals surface area (Å²) in [7, 11) is 0. The Bertz CT molecular complexity index is 1440. The van der Waals surface area contributed by atoms with Crippen molar-refractivity contribution in [2.75, 3.05) is 19.8 Å². The van der Waals surface area contributed by atoms with Gasteiger partial charge in [0.05, 0.1) is 25.9 Å². The van der Waals surface area contributed by atoms with E-state index in [1.807, 2.05) is 13.8 Å². The van der Waals surface area contributed by atoms with E-state index in [2.05, 4.69) is 43.1 Å². The van der Waals surface area contributed by atoms with Crippen molar-refractivity contribution in [2.45, 2.75) is 101 Å². The Hall–Kier alpha value is -2.07. The molecule has 8 heteroatoms. The number of carbonyl (C=O) groups excluding carboxylic acids is 1. The Kier molecular flexibility index (Phi) is 5.16. The molecular formula is C32H39NO7. The van der Waals surface area contributed by atoms with E-state index in [4.69, 9.17) is 23.7 Å². The van der Waals surface area contributed by atoms with Crippen molar-refractivity contribution < 1.29 is 33.6 Å². The van der Waals surface area contributed by atoms with Gasteiger partial charge in [0.25, 0.3) is 0 Å². The van der Waals surface area contributed by atoms with Gasteiger partial charge in [-0.2, -0.15) is 0 Å². The summed E-state index contributed by atoms with van der Waals surface area (Å²) < 4.78 is 31.0. The fourth-order valence-corrected chi connectivity index (χ4v) is 9.47. The van der Waals surface area contributed by atoms with E-state index < -0.39 is 34.6 Å². The minimum Gasteiger partial charge on any atom is -0.382 e. The zero-order valence-corrected chi connectivity index (χ0v) is 23.7. The van der Waals surface area contributed by atoms with Crippen LogP contribution in [0.2, 0.25) is 0 Å². The quantitative estimate of drug-likeness (QED) is 0.593. The Morgan fingerprint density at radius 2 is 1.88 bits per heavy atom. The molecule has 0 amide bonds. The molecule has 2 saturated heterocycles. The number of H-pyrrole nitrogens is 1. The predicted octanol–water partition coefficient (Wildman–Crippen LogP) is 4.08. The molecule has 4 heterocycles. The summed E-state index contributed by atoms with van der Waals surface area (Å²) in [4.78, 5) is 17.3. The molecule has 3 aliphatic carbocycles. The second kappa shape index (κ2) is 8.06. The van der Waals surface area contributed by atoms with Crippen molar-refractivity contribution in [3.63, 3.8) is 0 Å². The summed E-state index contributed by atoms with van der Waals surface area (Å²) in [6.45, 7) is 9.88. The van der Waals surface area contributed by atoms with E-state index in [0.717, 1.165) is 11.9 Å². The summed E-state index contributed by atoms with van der Waals surface area (Å²) >= 11 is 0. The molecule has 3 unspecified atom stereocenters. The lowest BCUT2D eigenvalue weighted by atomic mass is 9.41. The normalized spacial score (nSPS) is 43.4. The molecule has 7 atom stereocenters. The van der Waals surface area contributed by atoms with Gasteiger partial charge in [-0.05, 0) is 56.7 Å². The van der Waals surface area contributed by atoms with Gasteiger partial charge in [-0.3, -0.25) is 4.79 Å². The van der Waals surface area contributed by atoms with Crippen molar-refractivity contribution >= 4 is 16.7 Å². The van der Waals surface area contributed by atoms with Crippen molar-refractivity contribution in [1.29, 1.82) is 0 Å². The number of benzene rings is 1. The summed E-state index contributed by atoms with van der Waals surface area (Å²) in [6.07, 6.45) is 3.51. The van der Waals surface area contributed by atoms with E-state index in [0.29, 0.717) is 51.1 Å². The number of aliphatic hydroxyl groups is 1. The number of para-hydroxylation sites is 1. The molecule has 1 aromatic heterocycles. The second-order valence-electron chi connectivity index (χ2n) is 13.7. The van der Waals surface area contributed by atoms with Crippen LogP contribution in [0.4, 0.5) is 0 Å². The van der Waals surface area contributed by atoms with Gasteiger partial charge in [-0.25, -0.2) is 0 Å². The van der Waals surface area contributed by atoms with Crippen LogP contribution in [-0.2, 0) is 40.3 Å². The second-order valence-corrected chi connectivity index (χ2v) is 13.7. The SMILES string of the molecule is CC1(C)OC23CC[C@]4(C)[C@@]5(C)c6[nH]c7ccccc7c6CC5C[C@H](OCCC5OCCO5)[C@@]4(O)C2=CC(=O)C1O3. The molecule has 4 fully saturated rings. The minimum absolute atomic E-state index is 0.151. The van der Waals surface area contributed by atoms with Gasteiger partial charge in [0.2, 0.25) is 0 Å². The molecule has 6 aliphatic rings. The number of rotatable bonds is 4. The first-order valence-electron chi connectivity index (χ1n) is 14.9. The lowest BCUT2D eigenvalue weighted by Gasteiger charge is -2.67. The molecule has 2 N–H and O–H groups in total. The van der Waals surface area contributed by atoms with Crippen LogP contribution in [-0.4, -0.2) is 71.2 Å². The van der Waals surface area contributed by atoms with Crippen LogP contribution in [0.25, 0.3) is 10.9 Å². The third-order valence-electron chi connectivity index (χ3n) is 11.6. The van der Waals surface area contributed by atoms with E-state index in [-0.39, 0.29) is 23.4 Å². The first kappa shape index (κ1) is 25.6. The van der Waals surface area contributed by atoms with Crippen molar-refractivity contribution in [1.82, 2.24) is 4.98 Å². The predicted molar refractivity (Wildman–Crippen MR) is 146 cm³/mol. The van der Waals surface area contributed by atoms with Gasteiger partial charge < -0.3 is 33.8 Å². The number of ketones is 1. The number of aromatic nitrogens is 1. The monoisotopic (exact) mass is 549 g/mol. The number of nitrogens with one attached hydrogen (secondary N) is 1. The maximum absolute atomic E-state index is 13.5. The molecule has 1 spiro atoms. The standard InChI is InChI=1S/C32H39NO7/c1-28(2)27-22(34)17-23-31(39-27,40-28)11-10-29(3)30(4)18(15-20-19-7-5-6-8-21(19)33-26(20)30)16-24(32(23,29)35)36-12-9-25-37-13-14-38-25/h5-8,17-18,24-25,27,33,35H,9-16H2,1-4H3/t18?,24-,27?,29+,30+,31?,32-/m0/s1. The summed E-state index contributed by atoms with van der Waals surface area (Å²) in [5, 5.41) is 14.6. The van der Waals surface area contributed by atoms with Gasteiger partial charge in [-0.15, -0.1) is 0 Å². The third kappa shape index (κ3) is 2.95. The van der Waals surface area contributed by atoms with Gasteiger partial charge in [-0.1, -0.05) is 32.0 Å². The highest BCUT2D eigenvalue weighted by Gasteiger charge is 2.78. The highest BCUT2D eigenvalue weighted by molar-refractivity contribution is 5.97. The highest BCUT2D eigenvalue weighted by atomic mass is 16.8. The van der Waals surface area contributed by atoms with Crippen molar-refractivity contribution in [3.05, 3.63) is 47.2 Å². The van der Waals surface area contributed by atoms with E-state index in [9.17, 15) is 9.90 Å². The van der Waals surface area contributed by atoms with Gasteiger partial charge in [0.15, 0.2) is 24.0 Å². The van der Waals surface area contributed by atoms with Gasteiger partial charge >= 0.3 is 0 Å². The van der Waals surface area contributed by atoms with Crippen molar-refractivity contribution in [3.8, 4) is 0 Å². The molecule has 1 aromatic carbocycles. The molecule has 2 saturated carbocycles. The molecule has 3 aliphatic heterocycles. The molecule has 40 heavy (non-hydrogen) atoms. The van der Waals surface area contributed by atoms with Crippen LogP contribution in [0.1, 0.15) is 64.6 Å². The van der Waals surface area contributed by atoms with Crippen LogP contribution in [0.5, 0.6) is 0 Å². The molecule has 8 rings (SSSR count). The number of carbonyl (C=O) groups is 1. The Labute approximate surface area is 234 Å². The van der Waals surface area contributed by atoms with E-state index >= 15 is 0 Å². The number of hydrogen-bond donors (Lipinski definition) is 2. The highest BCUT2D eigenvalue weighted by Crippen LogP contribution is 2.72. The van der Waals surface area contributed by atoms with Gasteiger partial charge in [0.1, 0.15) is 11.2 Å². The summed E-state index contributed by atoms with van der Waals surface area (Å²) in [5.74, 6) is -1.03. The topological polar surface area (TPSA) is 99.2 Å². The van der Waals surface area contributed by atoms with Gasteiger partial charge in [0, 0.05) is 45.8 Å². The number of fused-ring (bicyclic) bond motifs is 9. The number of ether oxygens (including phenoxy) is 5. The molecule has 0 radical (unpaired) electrons. The Morgan fingerprint density at radius 1 is 1.10 bits per heavy atom. The fraction of sp³-hybridized carbons (Fsp3) is 0.656. The average Bonchev–Trinajstić information content (AvgIpc) is 3.67. The first-order valence-corrected chi connectivity index (χ1v) is 14.9. The zero-order valence-electron chi connectivity index (χ0n) is 23.7. The Morgan fingerprint density at radius 3 is 2.67 bits per heavy atom. The smallest absolute Gasteiger partial charge is 0.195 e. The van der Waals surface area contributed by atoms with E-state index in [1.165, 1.54) is 16.6 Å². The van der Waals surface area contributed by atoms with Crippen LogP contribution in [0, 0.1) is 11.3 Å². The van der Waals surface area contributed by atoms with Crippen LogP contribution >= 0.6 is 0 Å².